The third kappa shape index (κ3) is 4.03. The Labute approximate surface area is 212 Å². The molecule has 4 heteroatoms. The number of benzene rings is 1. The molecule has 4 nitrogen and oxygen atoms in total. The van der Waals surface area contributed by atoms with Gasteiger partial charge in [0.25, 0.3) is 0 Å². The molecule has 1 aromatic carbocycles. The Kier molecular flexibility index (Phi) is 6.17. The summed E-state index contributed by atoms with van der Waals surface area (Å²) in [5.74, 6) is 3.25. The largest absolute Gasteiger partial charge is 0.374 e. The molecule has 9 atom stereocenters. The highest BCUT2D eigenvalue weighted by Crippen LogP contribution is 2.61. The highest BCUT2D eigenvalue weighted by atomic mass is 16.3. The van der Waals surface area contributed by atoms with Crippen molar-refractivity contribution in [1.29, 1.82) is 0 Å². The van der Waals surface area contributed by atoms with Crippen molar-refractivity contribution < 1.29 is 9.90 Å². The number of aliphatic hydroxyl groups is 1. The van der Waals surface area contributed by atoms with E-state index in [2.05, 4.69) is 43.1 Å². The van der Waals surface area contributed by atoms with Gasteiger partial charge in [0, 0.05) is 36.2 Å². The lowest BCUT2D eigenvalue weighted by molar-refractivity contribution is 0.0227. The summed E-state index contributed by atoms with van der Waals surface area (Å²) in [6, 6.07) is 9.57. The van der Waals surface area contributed by atoms with Crippen molar-refractivity contribution in [1.82, 2.24) is 10.2 Å². The van der Waals surface area contributed by atoms with Gasteiger partial charge >= 0.3 is 0 Å². The lowest BCUT2D eigenvalue weighted by atomic mass is 9.72. The Balaban J connectivity index is 1.17. The summed E-state index contributed by atoms with van der Waals surface area (Å²) in [4.78, 5) is 13.4. The van der Waals surface area contributed by atoms with Gasteiger partial charge in [-0.1, -0.05) is 64.3 Å². The molecule has 1 aromatic rings. The van der Waals surface area contributed by atoms with Gasteiger partial charge in [-0.2, -0.15) is 0 Å². The molecule has 5 fully saturated rings. The predicted octanol–water partition coefficient (Wildman–Crippen LogP) is 5.75. The number of rotatable bonds is 7. The van der Waals surface area contributed by atoms with Crippen LogP contribution in [0.25, 0.3) is 0 Å². The molecule has 2 aliphatic carbocycles. The highest BCUT2D eigenvalue weighted by molar-refractivity contribution is 5.74. The monoisotopic (exact) mass is 478 g/mol. The van der Waals surface area contributed by atoms with Crippen LogP contribution in [0.15, 0.2) is 24.3 Å². The van der Waals surface area contributed by atoms with Crippen molar-refractivity contribution in [3.8, 4) is 0 Å². The smallest absolute Gasteiger partial charge is 0.150 e. The van der Waals surface area contributed by atoms with Crippen LogP contribution >= 0.6 is 0 Å². The number of fused-ring (bicyclic) bond motifs is 3. The number of aldehydes is 1. The Hall–Kier alpha value is -1.23. The second-order valence-corrected chi connectivity index (χ2v) is 13.5. The third-order valence-electron chi connectivity index (χ3n) is 11.2. The molecule has 0 radical (unpaired) electrons. The summed E-state index contributed by atoms with van der Waals surface area (Å²) < 4.78 is 0. The van der Waals surface area contributed by atoms with Crippen LogP contribution in [0.1, 0.15) is 107 Å². The molecule has 0 aromatic heterocycles. The molecular formula is C31H46N2O2. The van der Waals surface area contributed by atoms with Crippen molar-refractivity contribution in [2.75, 3.05) is 6.54 Å². The van der Waals surface area contributed by atoms with E-state index < -0.39 is 5.72 Å². The van der Waals surface area contributed by atoms with Gasteiger partial charge in [-0.3, -0.25) is 9.69 Å². The van der Waals surface area contributed by atoms with Crippen LogP contribution in [0.2, 0.25) is 0 Å². The van der Waals surface area contributed by atoms with Gasteiger partial charge in [-0.05, 0) is 79.6 Å². The second kappa shape index (κ2) is 8.96. The number of carbonyl (C=O) groups is 1. The quantitative estimate of drug-likeness (QED) is 0.387. The first-order valence-electron chi connectivity index (χ1n) is 14.6. The van der Waals surface area contributed by atoms with Gasteiger partial charge in [0.05, 0.1) is 0 Å². The van der Waals surface area contributed by atoms with E-state index in [0.29, 0.717) is 35.4 Å². The standard InChI is InChI=1S/C31H46N2O2/c1-20(2)6-9-24-17-30(14-4-5-15-30)29-25(24)12-13-27(32-29)26-16-28(33-19-31(26,33)35)21(3)23-10-7-22(18-34)8-11-23/h7-8,10-11,18,20-21,24-29,32,35H,4-6,9,12-17,19H2,1-3H3/t21-,24+,25-,26+,27-,28-,29+,31+,33?/m1/s1. The molecule has 35 heavy (non-hydrogen) atoms. The average molecular weight is 479 g/mol. The minimum atomic E-state index is -0.606. The number of hydrogen-bond donors (Lipinski definition) is 2. The van der Waals surface area contributed by atoms with Crippen LogP contribution in [-0.2, 0) is 0 Å². The van der Waals surface area contributed by atoms with E-state index in [-0.39, 0.29) is 0 Å². The van der Waals surface area contributed by atoms with Crippen LogP contribution in [0.4, 0.5) is 0 Å². The topological polar surface area (TPSA) is 52.3 Å². The number of hydrogen-bond acceptors (Lipinski definition) is 4. The summed E-state index contributed by atoms with van der Waals surface area (Å²) >= 11 is 0. The van der Waals surface area contributed by atoms with E-state index in [1.54, 1.807) is 0 Å². The average Bonchev–Trinajstić information content (AvgIpc) is 3.18. The van der Waals surface area contributed by atoms with Crippen LogP contribution < -0.4 is 5.32 Å². The maximum atomic E-state index is 11.7. The fourth-order valence-electron chi connectivity index (χ4n) is 9.28. The minimum Gasteiger partial charge on any atom is -0.374 e. The van der Waals surface area contributed by atoms with Gasteiger partial charge in [-0.25, -0.2) is 0 Å². The van der Waals surface area contributed by atoms with E-state index in [1.165, 1.54) is 63.4 Å². The first kappa shape index (κ1) is 24.1. The molecule has 2 saturated carbocycles. The zero-order valence-electron chi connectivity index (χ0n) is 22.1. The van der Waals surface area contributed by atoms with Crippen LogP contribution in [0.5, 0.6) is 0 Å². The maximum Gasteiger partial charge on any atom is 0.150 e. The predicted molar refractivity (Wildman–Crippen MR) is 140 cm³/mol. The number of carbonyl (C=O) groups excluding carboxylic acids is 1. The van der Waals surface area contributed by atoms with Gasteiger partial charge in [0.1, 0.15) is 12.0 Å². The van der Waals surface area contributed by atoms with Crippen molar-refractivity contribution >= 4 is 6.29 Å². The molecule has 3 aliphatic heterocycles. The van der Waals surface area contributed by atoms with Crippen LogP contribution in [-0.4, -0.2) is 46.7 Å². The van der Waals surface area contributed by atoms with Gasteiger partial charge in [-0.15, -0.1) is 0 Å². The molecule has 6 rings (SSSR count). The van der Waals surface area contributed by atoms with Gasteiger partial charge in [0.15, 0.2) is 0 Å². The van der Waals surface area contributed by atoms with E-state index >= 15 is 0 Å². The summed E-state index contributed by atoms with van der Waals surface area (Å²) in [6.07, 6.45) is 14.5. The van der Waals surface area contributed by atoms with Crippen LogP contribution in [0.3, 0.4) is 0 Å². The lowest BCUT2D eigenvalue weighted by Crippen LogP contribution is -2.56. The van der Waals surface area contributed by atoms with Crippen molar-refractivity contribution in [3.63, 3.8) is 0 Å². The number of piperidine rings is 2. The minimum absolute atomic E-state index is 0.332. The zero-order chi connectivity index (χ0) is 24.4. The van der Waals surface area contributed by atoms with E-state index in [9.17, 15) is 9.90 Å². The maximum absolute atomic E-state index is 11.7. The molecule has 1 unspecified atom stereocenters. The second-order valence-electron chi connectivity index (χ2n) is 13.5. The first-order valence-corrected chi connectivity index (χ1v) is 14.6. The summed E-state index contributed by atoms with van der Waals surface area (Å²) in [5, 5.41) is 15.9. The van der Waals surface area contributed by atoms with Gasteiger partial charge in [0.2, 0.25) is 0 Å². The summed E-state index contributed by atoms with van der Waals surface area (Å²) in [6.45, 7) is 7.88. The molecule has 0 amide bonds. The van der Waals surface area contributed by atoms with E-state index in [4.69, 9.17) is 0 Å². The molecule has 1 spiro atoms. The molecule has 192 valence electrons. The fourth-order valence-corrected chi connectivity index (χ4v) is 9.28. The number of nitrogens with one attached hydrogen (secondary N) is 1. The van der Waals surface area contributed by atoms with Crippen molar-refractivity contribution in [2.24, 2.45) is 29.1 Å². The molecule has 3 saturated heterocycles. The molecule has 0 bridgehead atoms. The molecular weight excluding hydrogens is 432 g/mol. The van der Waals surface area contributed by atoms with Gasteiger partial charge < -0.3 is 10.4 Å². The van der Waals surface area contributed by atoms with Crippen molar-refractivity contribution in [3.05, 3.63) is 35.4 Å². The molecule has 2 N–H and O–H groups in total. The Morgan fingerprint density at radius 3 is 2.57 bits per heavy atom. The SMILES string of the molecule is CC(C)CC[C@H]1CC2(CCCC2)[C@H]2N[C@@H]([C@@H]3C[C@H]([C@H](C)c4ccc(C=O)cc4)N4C[C@]34O)CC[C@H]12. The van der Waals surface area contributed by atoms with E-state index in [1.807, 2.05) is 12.1 Å². The highest BCUT2D eigenvalue weighted by Gasteiger charge is 2.68. The molecule has 3 heterocycles. The summed E-state index contributed by atoms with van der Waals surface area (Å²) in [5.41, 5.74) is 1.94. The Morgan fingerprint density at radius 1 is 1.14 bits per heavy atom. The Bertz CT molecular complexity index is 922. The number of nitrogens with zero attached hydrogens (tertiary/aromatic N) is 1. The summed E-state index contributed by atoms with van der Waals surface area (Å²) in [7, 11) is 0. The Morgan fingerprint density at radius 2 is 1.89 bits per heavy atom. The zero-order valence-corrected chi connectivity index (χ0v) is 22.1. The fraction of sp³-hybridized carbons (Fsp3) is 0.774. The van der Waals surface area contributed by atoms with Crippen molar-refractivity contribution in [2.45, 2.75) is 115 Å². The molecule has 5 aliphatic rings. The normalized spacial score (nSPS) is 42.3. The third-order valence-corrected chi connectivity index (χ3v) is 11.2. The van der Waals surface area contributed by atoms with E-state index in [0.717, 1.165) is 42.6 Å². The first-order chi connectivity index (χ1) is 16.8. The lowest BCUT2D eigenvalue weighted by Gasteiger charge is -2.44. The van der Waals surface area contributed by atoms with Crippen LogP contribution in [0, 0.1) is 29.1 Å².